The van der Waals surface area contributed by atoms with E-state index in [0.717, 1.165) is 24.1 Å². The number of fused-ring (bicyclic) bond motifs is 1. The van der Waals surface area contributed by atoms with Gasteiger partial charge in [0.2, 0.25) is 5.91 Å². The molecule has 0 saturated heterocycles. The van der Waals surface area contributed by atoms with Crippen LogP contribution >= 0.6 is 0 Å². The fourth-order valence-electron chi connectivity index (χ4n) is 2.73. The molecule has 0 unspecified atom stereocenters. The molecule has 2 aliphatic rings. The van der Waals surface area contributed by atoms with E-state index in [1.54, 1.807) is 12.1 Å². The first-order valence-electron chi connectivity index (χ1n) is 7.01. The highest BCUT2D eigenvalue weighted by molar-refractivity contribution is 5.97. The number of hydrogen-bond donors (Lipinski definition) is 3. The van der Waals surface area contributed by atoms with Gasteiger partial charge in [0.15, 0.2) is 0 Å². The van der Waals surface area contributed by atoms with Crippen LogP contribution in [0, 0.1) is 5.92 Å². The van der Waals surface area contributed by atoms with Crippen molar-refractivity contribution in [3.63, 3.8) is 0 Å². The molecule has 0 aromatic heterocycles. The van der Waals surface area contributed by atoms with Gasteiger partial charge in [-0.15, -0.1) is 0 Å². The van der Waals surface area contributed by atoms with Gasteiger partial charge in [0.1, 0.15) is 0 Å². The van der Waals surface area contributed by atoms with Crippen molar-refractivity contribution in [3.05, 3.63) is 29.3 Å². The predicted octanol–water partition coefficient (Wildman–Crippen LogP) is 1.07. The third-order valence-corrected chi connectivity index (χ3v) is 4.03. The van der Waals surface area contributed by atoms with E-state index in [1.807, 2.05) is 6.07 Å². The summed E-state index contributed by atoms with van der Waals surface area (Å²) in [6, 6.07) is 5.36. The number of carbonyl (C=O) groups is 2. The van der Waals surface area contributed by atoms with Gasteiger partial charge in [-0.1, -0.05) is 0 Å². The van der Waals surface area contributed by atoms with Gasteiger partial charge in [0.05, 0.1) is 6.10 Å². The molecule has 0 spiro atoms. The van der Waals surface area contributed by atoms with Crippen LogP contribution in [0.25, 0.3) is 0 Å². The summed E-state index contributed by atoms with van der Waals surface area (Å²) in [5.74, 6) is 0.329. The molecule has 3 rings (SSSR count). The number of benzene rings is 1. The number of hydrogen-bond acceptors (Lipinski definition) is 3. The monoisotopic (exact) mass is 274 g/mol. The molecule has 2 amide bonds. The van der Waals surface area contributed by atoms with Crippen molar-refractivity contribution >= 4 is 17.5 Å². The van der Waals surface area contributed by atoms with Crippen molar-refractivity contribution in [1.29, 1.82) is 0 Å². The van der Waals surface area contributed by atoms with Crippen molar-refractivity contribution in [2.24, 2.45) is 5.92 Å². The summed E-state index contributed by atoms with van der Waals surface area (Å²) >= 11 is 0. The Hall–Kier alpha value is -1.88. The molecule has 106 valence electrons. The quantitative estimate of drug-likeness (QED) is 0.771. The maximum Gasteiger partial charge on any atom is 0.251 e. The predicted molar refractivity (Wildman–Crippen MR) is 74.5 cm³/mol. The van der Waals surface area contributed by atoms with Crippen molar-refractivity contribution in [2.75, 3.05) is 11.9 Å². The van der Waals surface area contributed by atoms with Gasteiger partial charge in [-0.3, -0.25) is 9.59 Å². The molecule has 5 heteroatoms. The fourth-order valence-corrected chi connectivity index (χ4v) is 2.73. The zero-order valence-corrected chi connectivity index (χ0v) is 11.2. The maximum absolute atomic E-state index is 12.1. The van der Waals surface area contributed by atoms with Crippen LogP contribution in [0.5, 0.6) is 0 Å². The van der Waals surface area contributed by atoms with E-state index in [9.17, 15) is 14.7 Å². The average molecular weight is 274 g/mol. The Kier molecular flexibility index (Phi) is 3.44. The van der Waals surface area contributed by atoms with Crippen molar-refractivity contribution in [3.8, 4) is 0 Å². The summed E-state index contributed by atoms with van der Waals surface area (Å²) in [7, 11) is 0. The Balaban J connectivity index is 1.62. The van der Waals surface area contributed by atoms with E-state index >= 15 is 0 Å². The summed E-state index contributed by atoms with van der Waals surface area (Å²) in [6.45, 7) is 0.615. The molecule has 1 saturated carbocycles. The highest BCUT2D eigenvalue weighted by Gasteiger charge is 2.27. The van der Waals surface area contributed by atoms with E-state index < -0.39 is 0 Å². The number of rotatable bonds is 3. The standard InChI is InChI=1S/C15H18N2O3/c18-12-5-9(6-12)8-16-15(20)11-1-3-13-10(7-11)2-4-14(19)17-13/h1,3,7,9,12,18H,2,4-6,8H2,(H,16,20)(H,17,19). The number of aliphatic hydroxyl groups is 1. The minimum absolute atomic E-state index is 0.0262. The van der Waals surface area contributed by atoms with Gasteiger partial charge in [-0.2, -0.15) is 0 Å². The molecule has 1 aliphatic heterocycles. The Bertz CT molecular complexity index is 550. The summed E-state index contributed by atoms with van der Waals surface area (Å²) in [5, 5.41) is 14.9. The molecule has 0 atom stereocenters. The molecule has 1 fully saturated rings. The van der Waals surface area contributed by atoms with Crippen LogP contribution in [0.15, 0.2) is 18.2 Å². The SMILES string of the molecule is O=C1CCc2cc(C(=O)NCC3CC(O)C3)ccc2N1. The molecule has 0 radical (unpaired) electrons. The van der Waals surface area contributed by atoms with Gasteiger partial charge in [0, 0.05) is 24.2 Å². The van der Waals surface area contributed by atoms with Gasteiger partial charge < -0.3 is 15.7 Å². The lowest BCUT2D eigenvalue weighted by Crippen LogP contribution is -2.38. The number of amides is 2. The molecule has 0 bridgehead atoms. The normalized spacial score (nSPS) is 24.4. The third-order valence-electron chi connectivity index (χ3n) is 4.03. The number of aryl methyl sites for hydroxylation is 1. The molecule has 1 heterocycles. The van der Waals surface area contributed by atoms with Gasteiger partial charge >= 0.3 is 0 Å². The van der Waals surface area contributed by atoms with Crippen LogP contribution in [-0.4, -0.2) is 29.6 Å². The molecule has 3 N–H and O–H groups in total. The highest BCUT2D eigenvalue weighted by Crippen LogP contribution is 2.26. The van der Waals surface area contributed by atoms with Crippen molar-refractivity contribution in [2.45, 2.75) is 31.8 Å². The van der Waals surface area contributed by atoms with Crippen molar-refractivity contribution in [1.82, 2.24) is 5.32 Å². The molecule has 5 nitrogen and oxygen atoms in total. The van der Waals surface area contributed by atoms with Crippen LogP contribution in [0.3, 0.4) is 0 Å². The number of carbonyl (C=O) groups excluding carboxylic acids is 2. The summed E-state index contributed by atoms with van der Waals surface area (Å²) < 4.78 is 0. The smallest absolute Gasteiger partial charge is 0.251 e. The zero-order valence-electron chi connectivity index (χ0n) is 11.2. The molecule has 1 aromatic carbocycles. The zero-order chi connectivity index (χ0) is 14.1. The lowest BCUT2D eigenvalue weighted by atomic mass is 9.82. The Labute approximate surface area is 117 Å². The van der Waals surface area contributed by atoms with Crippen LogP contribution in [0.1, 0.15) is 35.2 Å². The Morgan fingerprint density at radius 2 is 2.15 bits per heavy atom. The molecular weight excluding hydrogens is 256 g/mol. The van der Waals surface area contributed by atoms with E-state index in [2.05, 4.69) is 10.6 Å². The van der Waals surface area contributed by atoms with Gasteiger partial charge in [-0.25, -0.2) is 0 Å². The molecule has 1 aliphatic carbocycles. The number of aliphatic hydroxyl groups excluding tert-OH is 1. The maximum atomic E-state index is 12.1. The Morgan fingerprint density at radius 3 is 2.90 bits per heavy atom. The molecular formula is C15H18N2O3. The average Bonchev–Trinajstić information content (AvgIpc) is 2.41. The number of anilines is 1. The Morgan fingerprint density at radius 1 is 1.35 bits per heavy atom. The second kappa shape index (κ2) is 5.25. The number of nitrogens with one attached hydrogen (secondary N) is 2. The minimum Gasteiger partial charge on any atom is -0.393 e. The molecule has 1 aromatic rings. The van der Waals surface area contributed by atoms with E-state index in [4.69, 9.17) is 0 Å². The van der Waals surface area contributed by atoms with E-state index in [-0.39, 0.29) is 17.9 Å². The van der Waals surface area contributed by atoms with E-state index in [0.29, 0.717) is 30.9 Å². The van der Waals surface area contributed by atoms with Gasteiger partial charge in [-0.05, 0) is 48.9 Å². The summed E-state index contributed by atoms with van der Waals surface area (Å²) in [4.78, 5) is 23.3. The van der Waals surface area contributed by atoms with Crippen molar-refractivity contribution < 1.29 is 14.7 Å². The topological polar surface area (TPSA) is 78.4 Å². The second-order valence-corrected chi connectivity index (χ2v) is 5.62. The van der Waals surface area contributed by atoms with Crippen LogP contribution in [0.2, 0.25) is 0 Å². The molecule has 20 heavy (non-hydrogen) atoms. The first-order chi connectivity index (χ1) is 9.61. The first-order valence-corrected chi connectivity index (χ1v) is 7.01. The van der Waals surface area contributed by atoms with Crippen LogP contribution in [0.4, 0.5) is 5.69 Å². The van der Waals surface area contributed by atoms with Gasteiger partial charge in [0.25, 0.3) is 5.91 Å². The highest BCUT2D eigenvalue weighted by atomic mass is 16.3. The summed E-state index contributed by atoms with van der Waals surface area (Å²) in [5.41, 5.74) is 2.44. The summed E-state index contributed by atoms with van der Waals surface area (Å²) in [6.07, 6.45) is 2.51. The minimum atomic E-state index is -0.191. The second-order valence-electron chi connectivity index (χ2n) is 5.62. The first kappa shape index (κ1) is 13.1. The van der Waals surface area contributed by atoms with E-state index in [1.165, 1.54) is 0 Å². The largest absolute Gasteiger partial charge is 0.393 e. The fraction of sp³-hybridized carbons (Fsp3) is 0.467. The lowest BCUT2D eigenvalue weighted by molar-refractivity contribution is -0.116. The lowest BCUT2D eigenvalue weighted by Gasteiger charge is -2.31. The van der Waals surface area contributed by atoms with Crippen LogP contribution in [-0.2, 0) is 11.2 Å². The third kappa shape index (κ3) is 2.67. The van der Waals surface area contributed by atoms with Crippen LogP contribution < -0.4 is 10.6 Å².